The van der Waals surface area contributed by atoms with Gasteiger partial charge in [0.05, 0.1) is 4.47 Å². The normalized spacial score (nSPS) is 11.3. The average Bonchev–Trinajstić information content (AvgIpc) is 2.83. The van der Waals surface area contributed by atoms with E-state index in [1.165, 1.54) is 6.20 Å². The van der Waals surface area contributed by atoms with Crippen LogP contribution >= 0.6 is 15.9 Å². The third-order valence-electron chi connectivity index (χ3n) is 2.28. The molecular weight excluding hydrogens is 298 g/mol. The quantitative estimate of drug-likeness (QED) is 0.866. The van der Waals surface area contributed by atoms with Gasteiger partial charge in [-0.3, -0.25) is 0 Å². The van der Waals surface area contributed by atoms with Gasteiger partial charge in [-0.25, -0.2) is 0 Å². The molecule has 0 fully saturated rings. The van der Waals surface area contributed by atoms with E-state index in [0.717, 1.165) is 10.0 Å². The number of benzene rings is 1. The lowest BCUT2D eigenvalue weighted by Crippen LogP contribution is -2.05. The molecule has 0 saturated heterocycles. The lowest BCUT2D eigenvalue weighted by Gasteiger charge is -2.05. The highest BCUT2D eigenvalue weighted by Crippen LogP contribution is 2.39. The van der Waals surface area contributed by atoms with Crippen LogP contribution in [0.15, 0.2) is 28.4 Å². The summed E-state index contributed by atoms with van der Waals surface area (Å²) < 4.78 is 11.4. The van der Waals surface area contributed by atoms with Gasteiger partial charge >= 0.3 is 0 Å². The fourth-order valence-electron chi connectivity index (χ4n) is 1.48. The van der Waals surface area contributed by atoms with Crippen LogP contribution in [0.25, 0.3) is 0 Å². The van der Waals surface area contributed by atoms with E-state index in [4.69, 9.17) is 20.0 Å². The summed E-state index contributed by atoms with van der Waals surface area (Å²) in [6.07, 6.45) is 1.39. The molecule has 0 spiro atoms. The summed E-state index contributed by atoms with van der Waals surface area (Å²) in [4.78, 5) is 0. The summed E-state index contributed by atoms with van der Waals surface area (Å²) in [6, 6.07) is 7.30. The molecule has 1 heterocycles. The van der Waals surface area contributed by atoms with Gasteiger partial charge in [0.2, 0.25) is 6.79 Å². The maximum absolute atomic E-state index is 8.57. The Kier molecular flexibility index (Phi) is 3.71. The van der Waals surface area contributed by atoms with Crippen molar-refractivity contribution in [2.24, 2.45) is 0 Å². The maximum Gasteiger partial charge on any atom is 0.231 e. The van der Waals surface area contributed by atoms with Crippen molar-refractivity contribution < 1.29 is 9.47 Å². The van der Waals surface area contributed by atoms with Gasteiger partial charge in [-0.2, -0.15) is 10.5 Å². The Labute approximate surface area is 112 Å². The minimum absolute atomic E-state index is 0.0369. The first-order valence-electron chi connectivity index (χ1n) is 5.06. The fraction of sp³-hybridized carbons (Fsp3) is 0.167. The van der Waals surface area contributed by atoms with Gasteiger partial charge < -0.3 is 14.8 Å². The second-order valence-electron chi connectivity index (χ2n) is 3.47. The molecule has 1 aliphatic heterocycles. The van der Waals surface area contributed by atoms with E-state index in [-0.39, 0.29) is 12.4 Å². The molecule has 0 radical (unpaired) electrons. The van der Waals surface area contributed by atoms with Crippen LogP contribution in [0.4, 0.5) is 0 Å². The topological polar surface area (TPSA) is 78.1 Å². The average molecular weight is 306 g/mol. The van der Waals surface area contributed by atoms with Crippen molar-refractivity contribution in [3.63, 3.8) is 0 Å². The largest absolute Gasteiger partial charge is 0.454 e. The Morgan fingerprint density at radius 2 is 2.17 bits per heavy atom. The van der Waals surface area contributed by atoms with Crippen molar-refractivity contribution in [1.82, 2.24) is 5.32 Å². The zero-order valence-electron chi connectivity index (χ0n) is 9.24. The molecule has 1 aromatic carbocycles. The molecule has 18 heavy (non-hydrogen) atoms. The zero-order valence-corrected chi connectivity index (χ0v) is 10.8. The molecule has 0 amide bonds. The van der Waals surface area contributed by atoms with E-state index in [1.54, 1.807) is 12.1 Å². The molecule has 0 atom stereocenters. The Morgan fingerprint density at radius 1 is 1.39 bits per heavy atom. The van der Waals surface area contributed by atoms with Gasteiger partial charge in [0, 0.05) is 12.7 Å². The van der Waals surface area contributed by atoms with Crippen molar-refractivity contribution >= 4 is 15.9 Å². The number of nitrogens with one attached hydrogen (secondary N) is 1. The number of ether oxygens (including phenoxy) is 2. The van der Waals surface area contributed by atoms with Crippen LogP contribution < -0.4 is 14.8 Å². The number of fused-ring (bicyclic) bond motifs is 1. The molecule has 2 rings (SSSR count). The summed E-state index contributed by atoms with van der Waals surface area (Å²) in [5.41, 5.74) is 0.993. The molecule has 1 N–H and O–H groups in total. The van der Waals surface area contributed by atoms with E-state index in [1.807, 2.05) is 12.1 Å². The van der Waals surface area contributed by atoms with E-state index in [0.29, 0.717) is 18.0 Å². The standard InChI is InChI=1S/C12H8BrN3O2/c13-10-1-8(2-11-12(10)18-7-17-11)5-16-6-9(3-14)4-15/h1-2,6,16H,5,7H2. The number of nitriles is 2. The van der Waals surface area contributed by atoms with Crippen LogP contribution in [0.5, 0.6) is 11.5 Å². The summed E-state index contributed by atoms with van der Waals surface area (Å²) in [5.74, 6) is 1.38. The third kappa shape index (κ3) is 2.55. The maximum atomic E-state index is 8.57. The minimum atomic E-state index is 0.0369. The van der Waals surface area contributed by atoms with E-state index < -0.39 is 0 Å². The van der Waals surface area contributed by atoms with Crippen LogP contribution in [0.1, 0.15) is 5.56 Å². The molecule has 0 bridgehead atoms. The Hall–Kier alpha value is -2.18. The van der Waals surface area contributed by atoms with Crippen molar-refractivity contribution in [3.8, 4) is 23.6 Å². The SMILES string of the molecule is N#CC(C#N)=CNCc1cc(Br)c2c(c1)OCO2. The van der Waals surface area contributed by atoms with Crippen molar-refractivity contribution in [3.05, 3.63) is 33.9 Å². The van der Waals surface area contributed by atoms with Gasteiger partial charge in [-0.1, -0.05) is 0 Å². The molecule has 0 aliphatic carbocycles. The van der Waals surface area contributed by atoms with Crippen molar-refractivity contribution in [2.45, 2.75) is 6.54 Å². The molecule has 6 heteroatoms. The van der Waals surface area contributed by atoms with Gasteiger partial charge in [0.1, 0.15) is 17.7 Å². The first kappa shape index (κ1) is 12.3. The minimum Gasteiger partial charge on any atom is -0.454 e. The summed E-state index contributed by atoms with van der Waals surface area (Å²) in [7, 11) is 0. The van der Waals surface area contributed by atoms with Gasteiger partial charge in [-0.05, 0) is 33.6 Å². The zero-order chi connectivity index (χ0) is 13.0. The van der Waals surface area contributed by atoms with Gasteiger partial charge in [-0.15, -0.1) is 0 Å². The molecule has 0 aromatic heterocycles. The van der Waals surface area contributed by atoms with Crippen LogP contribution in [-0.2, 0) is 6.54 Å². The second-order valence-corrected chi connectivity index (χ2v) is 4.33. The number of hydrogen-bond donors (Lipinski definition) is 1. The lowest BCUT2D eigenvalue weighted by atomic mass is 10.2. The number of nitrogens with zero attached hydrogens (tertiary/aromatic N) is 2. The van der Waals surface area contributed by atoms with Gasteiger partial charge in [0.25, 0.3) is 0 Å². The first-order chi connectivity index (χ1) is 8.74. The third-order valence-corrected chi connectivity index (χ3v) is 2.87. The Morgan fingerprint density at radius 3 is 2.89 bits per heavy atom. The van der Waals surface area contributed by atoms with Crippen LogP contribution in [-0.4, -0.2) is 6.79 Å². The van der Waals surface area contributed by atoms with Crippen molar-refractivity contribution in [1.29, 1.82) is 10.5 Å². The second kappa shape index (κ2) is 5.44. The fourth-order valence-corrected chi connectivity index (χ4v) is 2.09. The number of allylic oxidation sites excluding steroid dienone is 1. The predicted molar refractivity (Wildman–Crippen MR) is 66.4 cm³/mol. The molecule has 0 saturated carbocycles. The monoisotopic (exact) mass is 305 g/mol. The number of halogens is 1. The highest BCUT2D eigenvalue weighted by atomic mass is 79.9. The number of hydrogen-bond acceptors (Lipinski definition) is 5. The Bertz CT molecular complexity index is 568. The molecular formula is C12H8BrN3O2. The smallest absolute Gasteiger partial charge is 0.231 e. The van der Waals surface area contributed by atoms with E-state index in [9.17, 15) is 0 Å². The molecule has 1 aromatic rings. The van der Waals surface area contributed by atoms with Gasteiger partial charge in [0.15, 0.2) is 11.5 Å². The van der Waals surface area contributed by atoms with Crippen LogP contribution in [0.2, 0.25) is 0 Å². The molecule has 5 nitrogen and oxygen atoms in total. The van der Waals surface area contributed by atoms with E-state index >= 15 is 0 Å². The van der Waals surface area contributed by atoms with Crippen LogP contribution in [0, 0.1) is 22.7 Å². The number of rotatable bonds is 3. The summed E-state index contributed by atoms with van der Waals surface area (Å²) in [5, 5.41) is 20.0. The predicted octanol–water partition coefficient (Wildman–Crippen LogP) is 2.20. The Balaban J connectivity index is 2.08. The first-order valence-corrected chi connectivity index (χ1v) is 5.85. The lowest BCUT2D eigenvalue weighted by molar-refractivity contribution is 0.173. The van der Waals surface area contributed by atoms with Crippen molar-refractivity contribution in [2.75, 3.05) is 6.79 Å². The molecule has 0 unspecified atom stereocenters. The van der Waals surface area contributed by atoms with E-state index in [2.05, 4.69) is 21.2 Å². The highest BCUT2D eigenvalue weighted by Gasteiger charge is 2.17. The molecule has 90 valence electrons. The summed E-state index contributed by atoms with van der Waals surface area (Å²) >= 11 is 3.39. The summed E-state index contributed by atoms with van der Waals surface area (Å²) in [6.45, 7) is 0.708. The molecule has 1 aliphatic rings. The van der Waals surface area contributed by atoms with Crippen LogP contribution in [0.3, 0.4) is 0 Å². The highest BCUT2D eigenvalue weighted by molar-refractivity contribution is 9.10.